The molecule has 0 spiro atoms. The van der Waals surface area contributed by atoms with Crippen LogP contribution in [0.15, 0.2) is 54.9 Å². The molecule has 30 heavy (non-hydrogen) atoms. The molecule has 2 aliphatic rings. The predicted octanol–water partition coefficient (Wildman–Crippen LogP) is 3.15. The van der Waals surface area contributed by atoms with Gasteiger partial charge in [-0.1, -0.05) is 24.3 Å². The highest BCUT2D eigenvalue weighted by atomic mass is 16.2. The van der Waals surface area contributed by atoms with E-state index in [9.17, 15) is 14.4 Å². The average molecular weight is 396 g/mol. The van der Waals surface area contributed by atoms with Crippen molar-refractivity contribution in [1.29, 1.82) is 0 Å². The van der Waals surface area contributed by atoms with Gasteiger partial charge in [-0.05, 0) is 24.6 Å². The Kier molecular flexibility index (Phi) is 3.38. The Bertz CT molecular complexity index is 1400. The second-order valence-electron chi connectivity index (χ2n) is 7.60. The van der Waals surface area contributed by atoms with Crippen LogP contribution in [-0.2, 0) is 9.59 Å². The van der Waals surface area contributed by atoms with Crippen LogP contribution in [0.2, 0.25) is 0 Å². The normalized spacial score (nSPS) is 18.5. The van der Waals surface area contributed by atoms with Gasteiger partial charge >= 0.3 is 0 Å². The van der Waals surface area contributed by atoms with E-state index < -0.39 is 11.9 Å². The van der Waals surface area contributed by atoms with Crippen LogP contribution < -0.4 is 10.2 Å². The number of benzene rings is 2. The molecule has 0 saturated carbocycles. The van der Waals surface area contributed by atoms with Crippen LogP contribution in [0.25, 0.3) is 32.9 Å². The largest absolute Gasteiger partial charge is 0.361 e. The van der Waals surface area contributed by atoms with Gasteiger partial charge in [-0.3, -0.25) is 29.6 Å². The monoisotopic (exact) mass is 396 g/mol. The Balaban J connectivity index is 1.56. The number of hydrogen-bond acceptors (Lipinski definition) is 4. The van der Waals surface area contributed by atoms with E-state index in [1.807, 2.05) is 36.5 Å². The molecule has 4 aromatic rings. The molecule has 6 rings (SSSR count). The third kappa shape index (κ3) is 2.20. The zero-order chi connectivity index (χ0) is 20.4. The summed E-state index contributed by atoms with van der Waals surface area (Å²) < 4.78 is 0. The highest BCUT2D eigenvalue weighted by molar-refractivity contribution is 6.28. The Hall–Kier alpha value is -4.00. The van der Waals surface area contributed by atoms with E-state index in [4.69, 9.17) is 0 Å². The fraction of sp³-hybridized carbons (Fsp3) is 0.130. The molecular formula is C23H16N4O3. The van der Waals surface area contributed by atoms with E-state index >= 15 is 0 Å². The Morgan fingerprint density at radius 3 is 2.67 bits per heavy atom. The number of pyridine rings is 1. The summed E-state index contributed by atoms with van der Waals surface area (Å²) in [5.41, 5.74) is 4.87. The lowest BCUT2D eigenvalue weighted by Crippen LogP contribution is -2.53. The quantitative estimate of drug-likeness (QED) is 0.509. The topological polar surface area (TPSA) is 95.2 Å². The SMILES string of the molecule is O=C1CCC(N2C(=O)c3ccc(-c4c[nH]c5ccccc45)c4nccc2c34)C(=O)N1. The van der Waals surface area contributed by atoms with Crippen LogP contribution in [0.5, 0.6) is 0 Å². The molecule has 2 aromatic heterocycles. The molecule has 2 aromatic carbocycles. The molecule has 146 valence electrons. The van der Waals surface area contributed by atoms with Gasteiger partial charge in [-0.15, -0.1) is 0 Å². The van der Waals surface area contributed by atoms with Crippen LogP contribution >= 0.6 is 0 Å². The second-order valence-corrected chi connectivity index (χ2v) is 7.60. The molecular weight excluding hydrogens is 380 g/mol. The maximum absolute atomic E-state index is 13.2. The van der Waals surface area contributed by atoms with Gasteiger partial charge in [0.25, 0.3) is 5.91 Å². The molecule has 7 nitrogen and oxygen atoms in total. The fourth-order valence-corrected chi connectivity index (χ4v) is 4.62. The number of amides is 3. The summed E-state index contributed by atoms with van der Waals surface area (Å²) in [6.45, 7) is 0. The van der Waals surface area contributed by atoms with Gasteiger partial charge < -0.3 is 4.98 Å². The second kappa shape index (κ2) is 6.00. The van der Waals surface area contributed by atoms with Crippen LogP contribution in [0, 0.1) is 0 Å². The number of para-hydroxylation sites is 1. The summed E-state index contributed by atoms with van der Waals surface area (Å²) in [4.78, 5) is 46.7. The number of H-pyrrole nitrogens is 1. The van der Waals surface area contributed by atoms with Crippen molar-refractivity contribution >= 4 is 45.2 Å². The summed E-state index contributed by atoms with van der Waals surface area (Å²) >= 11 is 0. The Morgan fingerprint density at radius 2 is 1.80 bits per heavy atom. The third-order valence-electron chi connectivity index (χ3n) is 5.98. The lowest BCUT2D eigenvalue weighted by molar-refractivity contribution is -0.134. The first kappa shape index (κ1) is 16.9. The van der Waals surface area contributed by atoms with Gasteiger partial charge in [0.05, 0.1) is 16.8 Å². The number of imide groups is 1. The minimum Gasteiger partial charge on any atom is -0.361 e. The molecule has 1 atom stereocenters. The number of fused-ring (bicyclic) bond motifs is 1. The smallest absolute Gasteiger partial charge is 0.259 e. The van der Waals surface area contributed by atoms with Crippen molar-refractivity contribution in [3.05, 3.63) is 60.4 Å². The number of nitrogens with zero attached hydrogens (tertiary/aromatic N) is 2. The van der Waals surface area contributed by atoms with Gasteiger partial charge in [0.2, 0.25) is 11.8 Å². The number of aromatic amines is 1. The highest BCUT2D eigenvalue weighted by Crippen LogP contribution is 2.43. The van der Waals surface area contributed by atoms with E-state index in [0.717, 1.165) is 32.9 Å². The van der Waals surface area contributed by atoms with Crippen molar-refractivity contribution in [3.8, 4) is 11.1 Å². The van der Waals surface area contributed by atoms with Crippen LogP contribution in [0.1, 0.15) is 23.2 Å². The van der Waals surface area contributed by atoms with Gasteiger partial charge in [0, 0.05) is 46.2 Å². The maximum atomic E-state index is 13.2. The van der Waals surface area contributed by atoms with Crippen molar-refractivity contribution in [2.24, 2.45) is 0 Å². The summed E-state index contributed by atoms with van der Waals surface area (Å²) in [7, 11) is 0. The number of nitrogens with one attached hydrogen (secondary N) is 2. The maximum Gasteiger partial charge on any atom is 0.259 e. The summed E-state index contributed by atoms with van der Waals surface area (Å²) in [5.74, 6) is -0.973. The summed E-state index contributed by atoms with van der Waals surface area (Å²) in [5, 5.41) is 4.17. The highest BCUT2D eigenvalue weighted by Gasteiger charge is 2.41. The zero-order valence-electron chi connectivity index (χ0n) is 15.8. The summed E-state index contributed by atoms with van der Waals surface area (Å²) in [6.07, 6.45) is 4.14. The van der Waals surface area contributed by atoms with Crippen LogP contribution in [0.4, 0.5) is 5.69 Å². The molecule has 1 fully saturated rings. The van der Waals surface area contributed by atoms with Gasteiger partial charge in [0.1, 0.15) is 6.04 Å². The number of aromatic nitrogens is 2. The van der Waals surface area contributed by atoms with E-state index in [1.54, 1.807) is 18.3 Å². The molecule has 0 bridgehead atoms. The molecule has 1 unspecified atom stereocenters. The number of anilines is 1. The first-order valence-corrected chi connectivity index (χ1v) is 9.79. The standard InChI is InChI=1S/C23H16N4O3/c28-19-8-7-18(22(29)26-19)27-17-9-10-24-21-13(5-6-14(20(17)21)23(27)30)15-11-25-16-4-2-1-3-12(15)16/h1-6,9-11,18,25H,7-8H2,(H,26,28,29). The Morgan fingerprint density at radius 1 is 0.967 bits per heavy atom. The predicted molar refractivity (Wildman–Crippen MR) is 112 cm³/mol. The summed E-state index contributed by atoms with van der Waals surface area (Å²) in [6, 6.07) is 12.8. The molecule has 0 radical (unpaired) electrons. The van der Waals surface area contributed by atoms with E-state index in [2.05, 4.69) is 15.3 Å². The molecule has 7 heteroatoms. The number of carbonyl (C=O) groups excluding carboxylic acids is 3. The molecule has 4 heterocycles. The number of carbonyl (C=O) groups is 3. The average Bonchev–Trinajstić information content (AvgIpc) is 3.30. The van der Waals surface area contributed by atoms with E-state index in [1.165, 1.54) is 4.90 Å². The fourth-order valence-electron chi connectivity index (χ4n) is 4.62. The number of rotatable bonds is 2. The lowest BCUT2D eigenvalue weighted by atomic mass is 9.98. The van der Waals surface area contributed by atoms with E-state index in [-0.39, 0.29) is 18.2 Å². The molecule has 3 amide bonds. The van der Waals surface area contributed by atoms with Crippen LogP contribution in [-0.4, -0.2) is 33.7 Å². The number of hydrogen-bond donors (Lipinski definition) is 2. The zero-order valence-corrected chi connectivity index (χ0v) is 15.8. The van der Waals surface area contributed by atoms with Crippen molar-refractivity contribution in [3.63, 3.8) is 0 Å². The van der Waals surface area contributed by atoms with Gasteiger partial charge in [-0.25, -0.2) is 0 Å². The van der Waals surface area contributed by atoms with Crippen LogP contribution in [0.3, 0.4) is 0 Å². The van der Waals surface area contributed by atoms with Crippen molar-refractivity contribution in [2.75, 3.05) is 4.90 Å². The minimum atomic E-state index is -0.704. The van der Waals surface area contributed by atoms with Gasteiger partial charge in [-0.2, -0.15) is 0 Å². The minimum absolute atomic E-state index is 0.214. The molecule has 2 N–H and O–H groups in total. The molecule has 0 aliphatic carbocycles. The number of piperidine rings is 1. The third-order valence-corrected chi connectivity index (χ3v) is 5.98. The first-order valence-electron chi connectivity index (χ1n) is 9.79. The Labute approximate surface area is 170 Å². The first-order chi connectivity index (χ1) is 14.6. The molecule has 1 saturated heterocycles. The van der Waals surface area contributed by atoms with Gasteiger partial charge in [0.15, 0.2) is 0 Å². The van der Waals surface area contributed by atoms with Crippen molar-refractivity contribution in [2.45, 2.75) is 18.9 Å². The van der Waals surface area contributed by atoms with Crippen molar-refractivity contribution in [1.82, 2.24) is 15.3 Å². The molecule has 2 aliphatic heterocycles. The lowest BCUT2D eigenvalue weighted by Gasteiger charge is -2.30. The van der Waals surface area contributed by atoms with E-state index in [0.29, 0.717) is 17.7 Å². The van der Waals surface area contributed by atoms with Crippen molar-refractivity contribution < 1.29 is 14.4 Å².